The number of alkyl halides is 2. The molecular formula is C35H40F2N6O2. The number of hydrogen-bond donors (Lipinski definition) is 0. The average Bonchev–Trinajstić information content (AvgIpc) is 3.67. The predicted molar refractivity (Wildman–Crippen MR) is 168 cm³/mol. The van der Waals surface area contributed by atoms with Crippen LogP contribution in [0.1, 0.15) is 79.4 Å². The zero-order chi connectivity index (χ0) is 31.1. The first-order valence-corrected chi connectivity index (χ1v) is 16.1. The number of anilines is 2. The minimum atomic E-state index is -2.63. The summed E-state index contributed by atoms with van der Waals surface area (Å²) >= 11 is 0. The number of amides is 1. The minimum absolute atomic E-state index is 0.00105. The molecule has 10 heteroatoms. The first kappa shape index (κ1) is 29.6. The Morgan fingerprint density at radius 2 is 1.87 bits per heavy atom. The van der Waals surface area contributed by atoms with Crippen molar-refractivity contribution in [2.45, 2.75) is 83.6 Å². The molecule has 0 N–H and O–H groups in total. The van der Waals surface area contributed by atoms with Crippen LogP contribution in [0, 0.1) is 0 Å². The molecule has 1 fully saturated rings. The third-order valence-electron chi connectivity index (χ3n) is 9.70. The lowest BCUT2D eigenvalue weighted by Crippen LogP contribution is -2.36. The molecule has 2 aliphatic heterocycles. The maximum atomic E-state index is 14.5. The van der Waals surface area contributed by atoms with E-state index in [1.165, 1.54) is 11.3 Å². The summed E-state index contributed by atoms with van der Waals surface area (Å²) in [6.45, 7) is 4.05. The van der Waals surface area contributed by atoms with E-state index in [2.05, 4.69) is 26.8 Å². The Morgan fingerprint density at radius 1 is 1.07 bits per heavy atom. The highest BCUT2D eigenvalue weighted by molar-refractivity contribution is 5.78. The van der Waals surface area contributed by atoms with Gasteiger partial charge in [0, 0.05) is 67.8 Å². The number of hydrogen-bond acceptors (Lipinski definition) is 5. The van der Waals surface area contributed by atoms with E-state index in [1.54, 1.807) is 37.1 Å². The molecule has 2 aromatic carbocycles. The summed E-state index contributed by atoms with van der Waals surface area (Å²) < 4.78 is 39.2. The van der Waals surface area contributed by atoms with E-state index in [4.69, 9.17) is 9.84 Å². The molecule has 3 aliphatic rings. The lowest BCUT2D eigenvalue weighted by atomic mass is 9.92. The van der Waals surface area contributed by atoms with E-state index in [1.807, 2.05) is 29.2 Å². The van der Waals surface area contributed by atoms with Crippen molar-refractivity contribution in [3.8, 4) is 11.1 Å². The van der Waals surface area contributed by atoms with E-state index < -0.39 is 6.43 Å². The lowest BCUT2D eigenvalue weighted by molar-refractivity contribution is -0.129. The van der Waals surface area contributed by atoms with Crippen LogP contribution in [0.5, 0.6) is 0 Å². The number of carbonyl (C=O) groups is 1. The van der Waals surface area contributed by atoms with E-state index >= 15 is 0 Å². The number of nitrogens with zero attached hydrogens (tertiary/aromatic N) is 6. The van der Waals surface area contributed by atoms with Gasteiger partial charge in [0.25, 0.3) is 6.43 Å². The van der Waals surface area contributed by atoms with Crippen molar-refractivity contribution >= 4 is 17.4 Å². The molecule has 1 saturated carbocycles. The Hall–Kier alpha value is -4.05. The molecule has 4 heterocycles. The third-order valence-corrected chi connectivity index (χ3v) is 9.70. The zero-order valence-electron chi connectivity index (χ0n) is 26.0. The summed E-state index contributed by atoms with van der Waals surface area (Å²) in [5.74, 6) is 0.837. The van der Waals surface area contributed by atoms with Crippen LogP contribution in [-0.2, 0) is 42.6 Å². The molecule has 2 aromatic heterocycles. The Morgan fingerprint density at radius 3 is 2.58 bits per heavy atom. The minimum Gasteiger partial charge on any atom is -0.374 e. The molecule has 7 rings (SSSR count). The first-order chi connectivity index (χ1) is 21.9. The van der Waals surface area contributed by atoms with Crippen LogP contribution in [0.15, 0.2) is 54.9 Å². The first-order valence-electron chi connectivity index (χ1n) is 16.1. The van der Waals surface area contributed by atoms with Gasteiger partial charge in [-0.25, -0.2) is 8.78 Å². The number of aryl methyl sites for hydroxylation is 2. The smallest absolute Gasteiger partial charge is 0.264 e. The highest BCUT2D eigenvalue weighted by Crippen LogP contribution is 2.44. The number of ether oxygens (including phenoxy) is 1. The highest BCUT2D eigenvalue weighted by Gasteiger charge is 2.35. The third kappa shape index (κ3) is 5.88. The molecule has 1 aliphatic carbocycles. The number of carbonyl (C=O) groups excluding carboxylic acids is 1. The number of halogens is 2. The van der Waals surface area contributed by atoms with Crippen LogP contribution < -0.4 is 4.90 Å². The molecular weight excluding hydrogens is 574 g/mol. The van der Waals surface area contributed by atoms with Crippen LogP contribution in [0.2, 0.25) is 0 Å². The van der Waals surface area contributed by atoms with Crippen LogP contribution in [0.25, 0.3) is 11.1 Å². The predicted octanol–water partition coefficient (Wildman–Crippen LogP) is 6.91. The van der Waals surface area contributed by atoms with Gasteiger partial charge in [0.15, 0.2) is 5.82 Å². The Labute approximate surface area is 262 Å². The van der Waals surface area contributed by atoms with Gasteiger partial charge in [-0.2, -0.15) is 10.2 Å². The van der Waals surface area contributed by atoms with Gasteiger partial charge >= 0.3 is 0 Å². The van der Waals surface area contributed by atoms with E-state index in [0.717, 1.165) is 67.6 Å². The van der Waals surface area contributed by atoms with Crippen LogP contribution >= 0.6 is 0 Å². The SMILES string of the molecule is CC(=O)N1CCc2c(c(N3CCCc4cc(-c5cnn(C)c5)c(C(F)F)cc43)nn2C2CCC(OCc3ccccc3)CC2)C1. The van der Waals surface area contributed by atoms with E-state index in [9.17, 15) is 13.6 Å². The molecule has 0 saturated heterocycles. The standard InChI is InChI=1S/C35H40F2N6O2/c1-23(44)41-16-14-32-31(21-41)35(39-43(32)27-10-12-28(13-11-27)45-22-24-7-4-3-5-8-24)42-15-6-9-25-17-29(26-19-38-40(2)20-26)30(34(36)37)18-33(25)42/h3-5,7-8,17-20,27-28,34H,6,9-16,21-22H2,1-2H3. The zero-order valence-corrected chi connectivity index (χ0v) is 26.0. The maximum absolute atomic E-state index is 14.5. The van der Waals surface area contributed by atoms with Gasteiger partial charge in [0.05, 0.1) is 31.5 Å². The van der Waals surface area contributed by atoms with Gasteiger partial charge in [-0.1, -0.05) is 30.3 Å². The molecule has 8 nitrogen and oxygen atoms in total. The number of benzene rings is 2. The molecule has 1 amide bonds. The number of aromatic nitrogens is 4. The fourth-order valence-corrected chi connectivity index (χ4v) is 7.32. The Bertz CT molecular complexity index is 1670. The summed E-state index contributed by atoms with van der Waals surface area (Å²) in [4.78, 5) is 16.5. The van der Waals surface area contributed by atoms with E-state index in [0.29, 0.717) is 37.4 Å². The quantitative estimate of drug-likeness (QED) is 0.226. The highest BCUT2D eigenvalue weighted by atomic mass is 19.3. The topological polar surface area (TPSA) is 68.4 Å². The summed E-state index contributed by atoms with van der Waals surface area (Å²) in [6, 6.07) is 14.1. The van der Waals surface area contributed by atoms with Crippen molar-refractivity contribution < 1.29 is 18.3 Å². The summed E-state index contributed by atoms with van der Waals surface area (Å²) in [6.07, 6.45) is 7.28. The Balaban J connectivity index is 1.20. The van der Waals surface area contributed by atoms with Crippen molar-refractivity contribution in [1.29, 1.82) is 0 Å². The van der Waals surface area contributed by atoms with Gasteiger partial charge in [-0.15, -0.1) is 0 Å². The normalized spacial score (nSPS) is 19.9. The molecule has 0 unspecified atom stereocenters. The largest absolute Gasteiger partial charge is 0.374 e. The molecule has 4 aromatic rings. The van der Waals surface area contributed by atoms with Gasteiger partial charge < -0.3 is 14.5 Å². The molecule has 0 spiro atoms. The molecule has 0 radical (unpaired) electrons. The molecule has 0 atom stereocenters. The van der Waals surface area contributed by atoms with Gasteiger partial charge in [-0.05, 0) is 67.3 Å². The number of fused-ring (bicyclic) bond motifs is 2. The fourth-order valence-electron chi connectivity index (χ4n) is 7.32. The van der Waals surface area contributed by atoms with Crippen molar-refractivity contribution in [2.75, 3.05) is 18.0 Å². The number of rotatable bonds is 7. The fraction of sp³-hybridized carbons (Fsp3) is 0.457. The molecule has 45 heavy (non-hydrogen) atoms. The second-order valence-corrected chi connectivity index (χ2v) is 12.6. The molecule has 236 valence electrons. The molecule has 0 bridgehead atoms. The second-order valence-electron chi connectivity index (χ2n) is 12.6. The monoisotopic (exact) mass is 614 g/mol. The summed E-state index contributed by atoms with van der Waals surface area (Å²) in [5.41, 5.74) is 6.43. The van der Waals surface area contributed by atoms with Crippen molar-refractivity contribution in [1.82, 2.24) is 24.5 Å². The van der Waals surface area contributed by atoms with Crippen molar-refractivity contribution in [3.63, 3.8) is 0 Å². The maximum Gasteiger partial charge on any atom is 0.264 e. The van der Waals surface area contributed by atoms with Crippen LogP contribution in [0.4, 0.5) is 20.3 Å². The summed E-state index contributed by atoms with van der Waals surface area (Å²) in [7, 11) is 1.79. The summed E-state index contributed by atoms with van der Waals surface area (Å²) in [5, 5.41) is 9.49. The van der Waals surface area contributed by atoms with Crippen LogP contribution in [0.3, 0.4) is 0 Å². The van der Waals surface area contributed by atoms with Gasteiger partial charge in [-0.3, -0.25) is 14.2 Å². The lowest BCUT2D eigenvalue weighted by Gasteiger charge is -2.33. The Kier molecular flexibility index (Phi) is 8.16. The van der Waals surface area contributed by atoms with Crippen molar-refractivity contribution in [3.05, 3.63) is 82.8 Å². The van der Waals surface area contributed by atoms with Gasteiger partial charge in [0.1, 0.15) is 0 Å². The average molecular weight is 615 g/mol. The second kappa shape index (κ2) is 12.4. The van der Waals surface area contributed by atoms with E-state index in [-0.39, 0.29) is 23.6 Å². The van der Waals surface area contributed by atoms with Crippen LogP contribution in [-0.4, -0.2) is 49.6 Å². The van der Waals surface area contributed by atoms with Crippen molar-refractivity contribution in [2.24, 2.45) is 7.05 Å². The van der Waals surface area contributed by atoms with Gasteiger partial charge in [0.2, 0.25) is 5.91 Å².